The lowest BCUT2D eigenvalue weighted by Gasteiger charge is -2.28. The first kappa shape index (κ1) is 20.0. The lowest BCUT2D eigenvalue weighted by molar-refractivity contribution is -0.124. The molecule has 28 heavy (non-hydrogen) atoms. The second-order valence-corrected chi connectivity index (χ2v) is 6.91. The van der Waals surface area contributed by atoms with Crippen LogP contribution in [0.25, 0.3) is 0 Å². The van der Waals surface area contributed by atoms with Crippen LogP contribution in [0.15, 0.2) is 42.5 Å². The van der Waals surface area contributed by atoms with Crippen LogP contribution >= 0.6 is 0 Å². The fraction of sp³-hybridized carbons (Fsp3) is 0.333. The van der Waals surface area contributed by atoms with Crippen molar-refractivity contribution in [1.82, 2.24) is 10.6 Å². The average molecular weight is 385 g/mol. The molecule has 0 heterocycles. The summed E-state index contributed by atoms with van der Waals surface area (Å²) in [7, 11) is 0. The van der Waals surface area contributed by atoms with Crippen LogP contribution in [0.5, 0.6) is 0 Å². The standard InChI is InChI=1S/C21H24FN3O3/c22-16-7-5-14(6-8-16)20(27)25-19(12-26)21(28)24-18-3-1-2-15-10-13(11-23)4-9-17(15)18/h4-10,18-19,26H,1-3,11-12,23H2,(H,24,28)(H,25,27)/t18?,19-/m0/s1. The van der Waals surface area contributed by atoms with Crippen molar-refractivity contribution in [2.24, 2.45) is 5.73 Å². The predicted octanol–water partition coefficient (Wildman–Crippen LogP) is 1.57. The lowest BCUT2D eigenvalue weighted by atomic mass is 9.86. The molecule has 1 unspecified atom stereocenters. The average Bonchev–Trinajstić information content (AvgIpc) is 2.72. The molecule has 0 radical (unpaired) electrons. The number of nitrogens with one attached hydrogen (secondary N) is 2. The van der Waals surface area contributed by atoms with Crippen molar-refractivity contribution in [1.29, 1.82) is 0 Å². The number of benzene rings is 2. The van der Waals surface area contributed by atoms with Crippen LogP contribution in [-0.4, -0.2) is 29.6 Å². The summed E-state index contributed by atoms with van der Waals surface area (Å²) in [4.78, 5) is 24.9. The van der Waals surface area contributed by atoms with Crippen molar-refractivity contribution in [3.63, 3.8) is 0 Å². The Kier molecular flexibility index (Phi) is 6.38. The molecule has 0 spiro atoms. The Bertz CT molecular complexity index is 854. The molecular formula is C21H24FN3O3. The number of rotatable bonds is 6. The van der Waals surface area contributed by atoms with Crippen LogP contribution < -0.4 is 16.4 Å². The molecule has 7 heteroatoms. The fourth-order valence-corrected chi connectivity index (χ4v) is 3.45. The summed E-state index contributed by atoms with van der Waals surface area (Å²) < 4.78 is 13.0. The molecule has 2 aromatic rings. The Balaban J connectivity index is 1.68. The topological polar surface area (TPSA) is 104 Å². The maximum atomic E-state index is 13.0. The van der Waals surface area contributed by atoms with E-state index in [1.165, 1.54) is 12.1 Å². The molecule has 3 rings (SSSR count). The number of aryl methyl sites for hydroxylation is 1. The molecule has 1 aliphatic rings. The highest BCUT2D eigenvalue weighted by molar-refractivity contribution is 5.97. The van der Waals surface area contributed by atoms with Gasteiger partial charge in [-0.25, -0.2) is 4.39 Å². The molecule has 0 bridgehead atoms. The molecule has 0 fully saturated rings. The van der Waals surface area contributed by atoms with Gasteiger partial charge in [-0.15, -0.1) is 0 Å². The molecule has 2 aromatic carbocycles. The van der Waals surface area contributed by atoms with Gasteiger partial charge in [0.1, 0.15) is 11.9 Å². The predicted molar refractivity (Wildman–Crippen MR) is 103 cm³/mol. The van der Waals surface area contributed by atoms with Crippen LogP contribution in [0.4, 0.5) is 4.39 Å². The maximum Gasteiger partial charge on any atom is 0.251 e. The summed E-state index contributed by atoms with van der Waals surface area (Å²) in [6, 6.07) is 9.69. The maximum absolute atomic E-state index is 13.0. The molecule has 1 aliphatic carbocycles. The third-order valence-corrected chi connectivity index (χ3v) is 4.98. The number of carbonyl (C=O) groups excluding carboxylic acids is 2. The van der Waals surface area contributed by atoms with E-state index in [1.54, 1.807) is 0 Å². The van der Waals surface area contributed by atoms with Gasteiger partial charge in [0.25, 0.3) is 5.91 Å². The van der Waals surface area contributed by atoms with E-state index in [0.29, 0.717) is 6.54 Å². The Hall–Kier alpha value is -2.77. The zero-order chi connectivity index (χ0) is 20.1. The van der Waals surface area contributed by atoms with Gasteiger partial charge in [0.05, 0.1) is 12.6 Å². The van der Waals surface area contributed by atoms with Crippen molar-refractivity contribution in [3.05, 3.63) is 70.5 Å². The highest BCUT2D eigenvalue weighted by Gasteiger charge is 2.26. The fourth-order valence-electron chi connectivity index (χ4n) is 3.45. The van der Waals surface area contributed by atoms with Gasteiger partial charge in [0.15, 0.2) is 0 Å². The number of fused-ring (bicyclic) bond motifs is 1. The molecule has 2 atom stereocenters. The molecule has 0 saturated carbocycles. The van der Waals surface area contributed by atoms with Crippen LogP contribution in [0.1, 0.15) is 45.9 Å². The van der Waals surface area contributed by atoms with Crippen molar-refractivity contribution in [3.8, 4) is 0 Å². The van der Waals surface area contributed by atoms with Gasteiger partial charge in [-0.2, -0.15) is 0 Å². The quantitative estimate of drug-likeness (QED) is 0.606. The molecule has 6 nitrogen and oxygen atoms in total. The number of carbonyl (C=O) groups is 2. The Morgan fingerprint density at radius 1 is 1.21 bits per heavy atom. The van der Waals surface area contributed by atoms with Gasteiger partial charge in [0, 0.05) is 12.1 Å². The molecule has 0 aliphatic heterocycles. The minimum Gasteiger partial charge on any atom is -0.394 e. The molecule has 0 saturated heterocycles. The first-order valence-electron chi connectivity index (χ1n) is 9.31. The first-order valence-corrected chi connectivity index (χ1v) is 9.31. The third kappa shape index (κ3) is 4.55. The number of hydrogen-bond acceptors (Lipinski definition) is 4. The van der Waals surface area contributed by atoms with Crippen LogP contribution in [-0.2, 0) is 17.8 Å². The Morgan fingerprint density at radius 2 is 1.96 bits per heavy atom. The molecule has 0 aromatic heterocycles. The van der Waals surface area contributed by atoms with E-state index in [0.717, 1.165) is 48.1 Å². The summed E-state index contributed by atoms with van der Waals surface area (Å²) in [5, 5.41) is 15.0. The summed E-state index contributed by atoms with van der Waals surface area (Å²) in [6.45, 7) is -0.0727. The number of aliphatic hydroxyl groups excluding tert-OH is 1. The SMILES string of the molecule is NCc1ccc2c(c1)CCCC2NC(=O)[C@H](CO)NC(=O)c1ccc(F)cc1. The summed E-state index contributed by atoms with van der Waals surface area (Å²) in [5.41, 5.74) is 9.16. The van der Waals surface area contributed by atoms with Gasteiger partial charge in [-0.1, -0.05) is 18.2 Å². The highest BCUT2D eigenvalue weighted by atomic mass is 19.1. The first-order chi connectivity index (χ1) is 13.5. The normalized spacial score (nSPS) is 16.8. The lowest BCUT2D eigenvalue weighted by Crippen LogP contribution is -2.50. The van der Waals surface area contributed by atoms with Crippen molar-refractivity contribution < 1.29 is 19.1 Å². The summed E-state index contributed by atoms with van der Waals surface area (Å²) in [6.07, 6.45) is 2.64. The van der Waals surface area contributed by atoms with Crippen molar-refractivity contribution in [2.75, 3.05) is 6.61 Å². The van der Waals surface area contributed by atoms with Crippen LogP contribution in [0.2, 0.25) is 0 Å². The van der Waals surface area contributed by atoms with Gasteiger partial charge in [-0.05, 0) is 60.2 Å². The zero-order valence-corrected chi connectivity index (χ0v) is 15.5. The van der Waals surface area contributed by atoms with E-state index in [2.05, 4.69) is 16.7 Å². The van der Waals surface area contributed by atoms with E-state index in [1.807, 2.05) is 12.1 Å². The number of halogens is 1. The van der Waals surface area contributed by atoms with E-state index >= 15 is 0 Å². The Labute approximate surface area is 162 Å². The van der Waals surface area contributed by atoms with Crippen molar-refractivity contribution >= 4 is 11.8 Å². The number of nitrogens with two attached hydrogens (primary N) is 1. The van der Waals surface area contributed by atoms with Crippen LogP contribution in [0.3, 0.4) is 0 Å². The second-order valence-electron chi connectivity index (χ2n) is 6.91. The molecule has 5 N–H and O–H groups in total. The largest absolute Gasteiger partial charge is 0.394 e. The summed E-state index contributed by atoms with van der Waals surface area (Å²) in [5.74, 6) is -1.47. The third-order valence-electron chi connectivity index (χ3n) is 4.98. The molecular weight excluding hydrogens is 361 g/mol. The molecule has 148 valence electrons. The van der Waals surface area contributed by atoms with Crippen LogP contribution in [0, 0.1) is 5.82 Å². The number of aliphatic hydroxyl groups is 1. The molecule has 2 amide bonds. The van der Waals surface area contributed by atoms with E-state index in [4.69, 9.17) is 5.73 Å². The Morgan fingerprint density at radius 3 is 2.64 bits per heavy atom. The number of hydrogen-bond donors (Lipinski definition) is 4. The highest BCUT2D eigenvalue weighted by Crippen LogP contribution is 2.30. The minimum atomic E-state index is -1.09. The van der Waals surface area contributed by atoms with E-state index < -0.39 is 30.3 Å². The smallest absolute Gasteiger partial charge is 0.251 e. The van der Waals surface area contributed by atoms with E-state index in [-0.39, 0.29) is 11.6 Å². The number of amides is 2. The second kappa shape index (κ2) is 8.95. The van der Waals surface area contributed by atoms with Gasteiger partial charge in [0.2, 0.25) is 5.91 Å². The summed E-state index contributed by atoms with van der Waals surface area (Å²) >= 11 is 0. The monoisotopic (exact) mass is 385 g/mol. The van der Waals surface area contributed by atoms with Crippen molar-refractivity contribution in [2.45, 2.75) is 37.9 Å². The minimum absolute atomic E-state index is 0.181. The zero-order valence-electron chi connectivity index (χ0n) is 15.5. The van der Waals surface area contributed by atoms with E-state index in [9.17, 15) is 19.1 Å². The van der Waals surface area contributed by atoms with Gasteiger partial charge in [-0.3, -0.25) is 9.59 Å². The van der Waals surface area contributed by atoms with Gasteiger partial charge < -0.3 is 21.5 Å². The van der Waals surface area contributed by atoms with Gasteiger partial charge >= 0.3 is 0 Å².